The summed E-state index contributed by atoms with van der Waals surface area (Å²) >= 11 is 0. The molecule has 1 unspecified atom stereocenters. The van der Waals surface area contributed by atoms with E-state index in [4.69, 9.17) is 10.2 Å². The van der Waals surface area contributed by atoms with Crippen LogP contribution in [-0.4, -0.2) is 35.2 Å². The number of hydrogen-bond donors (Lipinski definition) is 2. The van der Waals surface area contributed by atoms with Crippen LogP contribution in [0.5, 0.6) is 0 Å². The Morgan fingerprint density at radius 1 is 1.30 bits per heavy atom. The highest BCUT2D eigenvalue weighted by atomic mass is 19.1. The van der Waals surface area contributed by atoms with E-state index in [1.54, 1.807) is 0 Å². The summed E-state index contributed by atoms with van der Waals surface area (Å²) in [6.45, 7) is 1.20. The molecule has 0 aliphatic rings. The molecule has 20 heavy (non-hydrogen) atoms. The largest absolute Gasteiger partial charge is 0.481 e. The van der Waals surface area contributed by atoms with Gasteiger partial charge in [0.2, 0.25) is 0 Å². The van der Waals surface area contributed by atoms with Crippen molar-refractivity contribution in [3.8, 4) is 0 Å². The summed E-state index contributed by atoms with van der Waals surface area (Å²) in [4.78, 5) is 22.7. The van der Waals surface area contributed by atoms with Crippen LogP contribution in [0.15, 0.2) is 18.2 Å². The lowest BCUT2D eigenvalue weighted by atomic mass is 10.1. The summed E-state index contributed by atoms with van der Waals surface area (Å²) in [6, 6.07) is 2.78. The van der Waals surface area contributed by atoms with Crippen LogP contribution in [0.25, 0.3) is 0 Å². The van der Waals surface area contributed by atoms with Crippen LogP contribution in [0.2, 0.25) is 0 Å². The molecular weight excluding hydrogens is 272 g/mol. The molecule has 110 valence electrons. The van der Waals surface area contributed by atoms with Crippen molar-refractivity contribution >= 4 is 17.6 Å². The van der Waals surface area contributed by atoms with Gasteiger partial charge in [-0.25, -0.2) is 8.78 Å². The van der Waals surface area contributed by atoms with E-state index in [9.17, 15) is 18.4 Å². The van der Waals surface area contributed by atoms with Gasteiger partial charge in [0.05, 0.1) is 18.0 Å². The molecule has 1 rings (SSSR count). The Labute approximate surface area is 114 Å². The van der Waals surface area contributed by atoms with Crippen molar-refractivity contribution in [2.75, 3.05) is 18.0 Å². The van der Waals surface area contributed by atoms with Gasteiger partial charge in [-0.05, 0) is 12.1 Å². The number of nitrogens with zero attached hydrogens (tertiary/aromatic N) is 1. The van der Waals surface area contributed by atoms with Crippen molar-refractivity contribution in [1.29, 1.82) is 0 Å². The van der Waals surface area contributed by atoms with Gasteiger partial charge in [0.15, 0.2) is 0 Å². The zero-order valence-corrected chi connectivity index (χ0v) is 10.8. The van der Waals surface area contributed by atoms with Crippen molar-refractivity contribution in [3.63, 3.8) is 0 Å². The Hall–Kier alpha value is -2.18. The Balaban J connectivity index is 2.99. The summed E-state index contributed by atoms with van der Waals surface area (Å²) in [6.07, 6.45) is -0.303. The monoisotopic (exact) mass is 287 g/mol. The van der Waals surface area contributed by atoms with Crippen molar-refractivity contribution in [2.45, 2.75) is 13.3 Å². The second-order valence-electron chi connectivity index (χ2n) is 4.42. The lowest BCUT2D eigenvalue weighted by Gasteiger charge is -2.26. The van der Waals surface area contributed by atoms with Crippen molar-refractivity contribution in [2.24, 2.45) is 5.92 Å². The minimum absolute atomic E-state index is 0.104. The highest BCUT2D eigenvalue weighted by Crippen LogP contribution is 2.22. The van der Waals surface area contributed by atoms with E-state index in [2.05, 4.69) is 0 Å². The fraction of sp³-hybridized carbons (Fsp3) is 0.385. The number of benzene rings is 1. The molecule has 2 N–H and O–H groups in total. The summed E-state index contributed by atoms with van der Waals surface area (Å²) in [5.41, 5.74) is -0.139. The van der Waals surface area contributed by atoms with E-state index in [1.165, 1.54) is 11.8 Å². The van der Waals surface area contributed by atoms with E-state index in [1.807, 2.05) is 0 Å². The molecule has 0 saturated carbocycles. The van der Waals surface area contributed by atoms with E-state index in [0.717, 1.165) is 18.2 Å². The first-order valence-electron chi connectivity index (χ1n) is 5.96. The van der Waals surface area contributed by atoms with Gasteiger partial charge < -0.3 is 15.1 Å². The Kier molecular flexibility index (Phi) is 5.42. The lowest BCUT2D eigenvalue weighted by molar-refractivity contribution is -0.140. The number of anilines is 1. The van der Waals surface area contributed by atoms with Gasteiger partial charge in [-0.3, -0.25) is 9.59 Å². The van der Waals surface area contributed by atoms with Gasteiger partial charge in [-0.15, -0.1) is 0 Å². The van der Waals surface area contributed by atoms with Crippen molar-refractivity contribution < 1.29 is 28.6 Å². The number of rotatable bonds is 7. The number of carboxylic acid groups (broad SMARTS) is 2. The molecule has 0 amide bonds. The van der Waals surface area contributed by atoms with Crippen LogP contribution < -0.4 is 4.90 Å². The summed E-state index contributed by atoms with van der Waals surface area (Å²) in [7, 11) is 0. The number of aliphatic carboxylic acids is 2. The second kappa shape index (κ2) is 6.83. The minimum Gasteiger partial charge on any atom is -0.481 e. The second-order valence-corrected chi connectivity index (χ2v) is 4.42. The molecule has 5 nitrogen and oxygen atoms in total. The Morgan fingerprint density at radius 2 is 1.95 bits per heavy atom. The van der Waals surface area contributed by atoms with E-state index >= 15 is 0 Å². The van der Waals surface area contributed by atoms with Crippen LogP contribution in [-0.2, 0) is 9.59 Å². The first kappa shape index (κ1) is 15.9. The minimum atomic E-state index is -1.10. The van der Waals surface area contributed by atoms with Crippen LogP contribution in [0.3, 0.4) is 0 Å². The highest BCUT2D eigenvalue weighted by Gasteiger charge is 2.20. The van der Waals surface area contributed by atoms with Gasteiger partial charge in [0.1, 0.15) is 11.6 Å². The Morgan fingerprint density at radius 3 is 2.50 bits per heavy atom. The molecule has 0 fully saturated rings. The average Bonchev–Trinajstić information content (AvgIpc) is 2.36. The predicted octanol–water partition coefficient (Wildman–Crippen LogP) is 1.97. The van der Waals surface area contributed by atoms with Crippen LogP contribution in [0.4, 0.5) is 14.5 Å². The molecule has 0 bridgehead atoms. The molecule has 0 aliphatic carbocycles. The molecule has 0 aliphatic heterocycles. The molecule has 1 aromatic carbocycles. The first-order chi connectivity index (χ1) is 9.31. The zero-order chi connectivity index (χ0) is 15.3. The molecule has 1 aromatic rings. The van der Waals surface area contributed by atoms with Crippen LogP contribution in [0, 0.1) is 17.6 Å². The molecule has 0 heterocycles. The van der Waals surface area contributed by atoms with Gasteiger partial charge in [-0.2, -0.15) is 0 Å². The third-order valence-corrected chi connectivity index (χ3v) is 2.76. The number of carbonyl (C=O) groups is 2. The summed E-state index contributed by atoms with van der Waals surface area (Å²) in [5, 5.41) is 17.5. The number of hydrogen-bond acceptors (Lipinski definition) is 3. The summed E-state index contributed by atoms with van der Waals surface area (Å²) in [5.74, 6) is -4.44. The maximum Gasteiger partial charge on any atom is 0.308 e. The van der Waals surface area contributed by atoms with Gasteiger partial charge in [0.25, 0.3) is 0 Å². The molecule has 0 aromatic heterocycles. The van der Waals surface area contributed by atoms with E-state index in [0.29, 0.717) is 0 Å². The zero-order valence-electron chi connectivity index (χ0n) is 10.8. The van der Waals surface area contributed by atoms with Crippen molar-refractivity contribution in [1.82, 2.24) is 0 Å². The maximum absolute atomic E-state index is 13.7. The molecular formula is C13H15F2NO4. The molecule has 0 spiro atoms. The van der Waals surface area contributed by atoms with Crippen molar-refractivity contribution in [3.05, 3.63) is 29.8 Å². The van der Waals surface area contributed by atoms with E-state index < -0.39 is 29.5 Å². The Bertz CT molecular complexity index is 507. The molecule has 0 radical (unpaired) electrons. The fourth-order valence-electron chi connectivity index (χ4n) is 1.68. The maximum atomic E-state index is 13.7. The van der Waals surface area contributed by atoms with Gasteiger partial charge >= 0.3 is 11.9 Å². The predicted molar refractivity (Wildman–Crippen MR) is 67.6 cm³/mol. The number of carboxylic acids is 2. The number of halogens is 2. The van der Waals surface area contributed by atoms with Gasteiger partial charge in [-0.1, -0.05) is 6.92 Å². The van der Waals surface area contributed by atoms with E-state index in [-0.39, 0.29) is 25.2 Å². The molecule has 0 saturated heterocycles. The third kappa shape index (κ3) is 4.49. The van der Waals surface area contributed by atoms with Crippen LogP contribution in [0.1, 0.15) is 13.3 Å². The summed E-state index contributed by atoms with van der Waals surface area (Å²) < 4.78 is 26.9. The SMILES string of the molecule is CC(CN(CCC(=O)O)c1cc(F)ccc1F)C(=O)O. The lowest BCUT2D eigenvalue weighted by Crippen LogP contribution is -2.34. The molecule has 1 atom stereocenters. The normalized spacial score (nSPS) is 11.9. The topological polar surface area (TPSA) is 77.8 Å². The fourth-order valence-corrected chi connectivity index (χ4v) is 1.68. The molecule has 7 heteroatoms. The van der Waals surface area contributed by atoms with Gasteiger partial charge in [0, 0.05) is 19.2 Å². The highest BCUT2D eigenvalue weighted by molar-refractivity contribution is 5.71. The quantitative estimate of drug-likeness (QED) is 0.801. The first-order valence-corrected chi connectivity index (χ1v) is 5.96. The van der Waals surface area contributed by atoms with Crippen LogP contribution >= 0.6 is 0 Å². The standard InChI is InChI=1S/C13H15F2NO4/c1-8(13(19)20)7-16(5-4-12(17)18)11-6-9(14)2-3-10(11)15/h2-3,6,8H,4-5,7H2,1H3,(H,17,18)(H,19,20). The third-order valence-electron chi connectivity index (χ3n) is 2.76. The average molecular weight is 287 g/mol. The smallest absolute Gasteiger partial charge is 0.308 e.